The highest BCUT2D eigenvalue weighted by atomic mass is 35.5. The first kappa shape index (κ1) is 32.1. The Kier molecular flexibility index (Phi) is 9.48. The molecule has 0 radical (unpaired) electrons. The van der Waals surface area contributed by atoms with E-state index in [0.29, 0.717) is 64.6 Å². The zero-order chi connectivity index (χ0) is 33.1. The van der Waals surface area contributed by atoms with Crippen LogP contribution in [-0.2, 0) is 33.7 Å². The Bertz CT molecular complexity index is 1900. The van der Waals surface area contributed by atoms with E-state index in [4.69, 9.17) is 38.3 Å². The maximum Gasteiger partial charge on any atom is 0.296 e. The minimum absolute atomic E-state index is 0.160. The van der Waals surface area contributed by atoms with Crippen LogP contribution in [0.2, 0.25) is 5.02 Å². The number of hydrogen-bond acceptors (Lipinski definition) is 9. The predicted molar refractivity (Wildman–Crippen MR) is 185 cm³/mol. The van der Waals surface area contributed by atoms with E-state index >= 15 is 0 Å². The molecule has 0 bridgehead atoms. The second-order valence-corrected chi connectivity index (χ2v) is 12.6. The monoisotopic (exact) mass is 689 g/mol. The molecule has 0 saturated carbocycles. The molecule has 1 amide bonds. The normalized spacial score (nSPS) is 15.6. The summed E-state index contributed by atoms with van der Waals surface area (Å²) in [5.74, 6) is -0.102. The van der Waals surface area contributed by atoms with Gasteiger partial charge in [-0.15, -0.1) is 11.3 Å². The quantitative estimate of drug-likeness (QED) is 0.0975. The molecule has 14 heteroatoms. The van der Waals surface area contributed by atoms with Crippen LogP contribution in [0.5, 0.6) is 5.75 Å². The van der Waals surface area contributed by atoms with Gasteiger partial charge in [0.2, 0.25) is 0 Å². The van der Waals surface area contributed by atoms with Crippen molar-refractivity contribution in [3.63, 3.8) is 0 Å². The van der Waals surface area contributed by atoms with Crippen LogP contribution in [0.3, 0.4) is 0 Å². The summed E-state index contributed by atoms with van der Waals surface area (Å²) in [4.78, 5) is 46.1. The number of carbonyl (C=O) groups excluding carboxylic acids is 2. The Morgan fingerprint density at radius 2 is 1.96 bits per heavy atom. The molecule has 1 atom stereocenters. The first-order valence-electron chi connectivity index (χ1n) is 14.6. The Hall–Kier alpha value is -4.85. The molecular weight excluding hydrogens is 662 g/mol. The number of carbonyl (C=O) groups is 2. The second kappa shape index (κ2) is 13.9. The SMILES string of the molecule is COc1ccc(NC(=S)N2CCc3c(sc4c3C(c3ccccc3Cl)=NC(OC=O)C(=O)N4CCc3ccccc3)C2)c([N+](=O)[O-])c1. The minimum Gasteiger partial charge on any atom is -0.496 e. The van der Waals surface area contributed by atoms with Gasteiger partial charge in [0.25, 0.3) is 24.3 Å². The lowest BCUT2D eigenvalue weighted by Crippen LogP contribution is -2.40. The van der Waals surface area contributed by atoms with Gasteiger partial charge in [-0.05, 0) is 54.4 Å². The summed E-state index contributed by atoms with van der Waals surface area (Å²) in [5, 5.41) is 16.2. The standard InChI is InChI=1S/C33H28ClN5O6S2/c1-44-21-11-12-25(26(17-21)39(42)43)35-33(46)37-15-14-23-27(18-37)47-32-28(23)29(22-9-5-6-10-24(22)34)36-30(45-19-40)31(41)38(32)16-13-20-7-3-2-4-8-20/h2-12,17,19,30H,13-16,18H2,1H3,(H,35,46). The number of anilines is 2. The highest BCUT2D eigenvalue weighted by molar-refractivity contribution is 7.80. The van der Waals surface area contributed by atoms with Crippen LogP contribution in [0.25, 0.3) is 0 Å². The number of benzene rings is 3. The van der Waals surface area contributed by atoms with E-state index in [0.717, 1.165) is 21.6 Å². The summed E-state index contributed by atoms with van der Waals surface area (Å²) in [6, 6.07) is 21.5. The van der Waals surface area contributed by atoms with Crippen molar-refractivity contribution in [1.29, 1.82) is 0 Å². The summed E-state index contributed by atoms with van der Waals surface area (Å²) in [6.45, 7) is 1.45. The third kappa shape index (κ3) is 6.55. The van der Waals surface area contributed by atoms with Gasteiger partial charge >= 0.3 is 0 Å². The van der Waals surface area contributed by atoms with Gasteiger partial charge in [-0.3, -0.25) is 24.6 Å². The number of hydrogen-bond donors (Lipinski definition) is 1. The Labute approximate surface area is 284 Å². The van der Waals surface area contributed by atoms with E-state index in [1.807, 2.05) is 53.4 Å². The largest absolute Gasteiger partial charge is 0.496 e. The summed E-state index contributed by atoms with van der Waals surface area (Å²) >= 11 is 13.9. The molecule has 2 aliphatic heterocycles. The number of fused-ring (bicyclic) bond motifs is 3. The summed E-state index contributed by atoms with van der Waals surface area (Å²) in [6.07, 6.45) is -0.288. The van der Waals surface area contributed by atoms with E-state index in [1.54, 1.807) is 23.1 Å². The Morgan fingerprint density at radius 1 is 1.19 bits per heavy atom. The number of nitrogens with zero attached hydrogens (tertiary/aromatic N) is 4. The maximum absolute atomic E-state index is 14.0. The predicted octanol–water partition coefficient (Wildman–Crippen LogP) is 6.00. The fourth-order valence-electron chi connectivity index (χ4n) is 5.65. The van der Waals surface area contributed by atoms with Crippen LogP contribution in [-0.4, -0.2) is 59.5 Å². The van der Waals surface area contributed by atoms with Crippen LogP contribution in [0, 0.1) is 10.1 Å². The van der Waals surface area contributed by atoms with Gasteiger partial charge in [-0.2, -0.15) is 0 Å². The molecule has 4 aromatic rings. The average Bonchev–Trinajstić information content (AvgIpc) is 3.41. The molecule has 0 saturated heterocycles. The summed E-state index contributed by atoms with van der Waals surface area (Å²) in [7, 11) is 1.44. The van der Waals surface area contributed by atoms with Crippen LogP contribution in [0.4, 0.5) is 16.4 Å². The zero-order valence-electron chi connectivity index (χ0n) is 25.1. The highest BCUT2D eigenvalue weighted by Gasteiger charge is 2.39. The topological polar surface area (TPSA) is 127 Å². The molecule has 3 aromatic carbocycles. The molecular formula is C33H28ClN5O6S2. The molecule has 1 aromatic heterocycles. The molecule has 240 valence electrons. The molecule has 11 nitrogen and oxygen atoms in total. The van der Waals surface area contributed by atoms with Gasteiger partial charge in [-0.25, -0.2) is 4.99 Å². The molecule has 0 spiro atoms. The van der Waals surface area contributed by atoms with Crippen LogP contribution < -0.4 is 15.0 Å². The van der Waals surface area contributed by atoms with Crippen molar-refractivity contribution in [3.05, 3.63) is 115 Å². The summed E-state index contributed by atoms with van der Waals surface area (Å²) < 4.78 is 10.4. The molecule has 0 aliphatic carbocycles. The lowest BCUT2D eigenvalue weighted by Gasteiger charge is -2.30. The zero-order valence-corrected chi connectivity index (χ0v) is 27.4. The lowest BCUT2D eigenvalue weighted by atomic mass is 9.95. The van der Waals surface area contributed by atoms with E-state index in [2.05, 4.69) is 5.32 Å². The van der Waals surface area contributed by atoms with Crippen LogP contribution >= 0.6 is 35.2 Å². The number of nitro benzene ring substituents is 1. The number of thiocarbonyl (C=S) groups is 1. The first-order chi connectivity index (χ1) is 22.8. The fourth-order valence-corrected chi connectivity index (χ4v) is 7.54. The van der Waals surface area contributed by atoms with E-state index < -0.39 is 17.1 Å². The van der Waals surface area contributed by atoms with Gasteiger partial charge < -0.3 is 19.7 Å². The number of methoxy groups -OCH3 is 1. The molecule has 47 heavy (non-hydrogen) atoms. The Balaban J connectivity index is 1.39. The number of thiophene rings is 1. The van der Waals surface area contributed by atoms with E-state index in [-0.39, 0.29) is 17.8 Å². The lowest BCUT2D eigenvalue weighted by molar-refractivity contribution is -0.384. The number of nitrogens with one attached hydrogen (secondary N) is 1. The number of nitro groups is 1. The van der Waals surface area contributed by atoms with Gasteiger partial charge in [0.05, 0.1) is 30.4 Å². The molecule has 2 aliphatic rings. The number of aliphatic imine (C=N–C) groups is 1. The van der Waals surface area contributed by atoms with Crippen LogP contribution in [0.1, 0.15) is 27.1 Å². The maximum atomic E-state index is 14.0. The Morgan fingerprint density at radius 3 is 2.68 bits per heavy atom. The van der Waals surface area contributed by atoms with Crippen molar-refractivity contribution < 1.29 is 24.0 Å². The van der Waals surface area contributed by atoms with Crippen molar-refractivity contribution in [3.8, 4) is 5.75 Å². The van der Waals surface area contributed by atoms with Crippen molar-refractivity contribution >= 4 is 74.7 Å². The smallest absolute Gasteiger partial charge is 0.296 e. The number of halogens is 1. The second-order valence-electron chi connectivity index (χ2n) is 10.7. The van der Waals surface area contributed by atoms with E-state index in [9.17, 15) is 19.7 Å². The molecule has 1 N–H and O–H groups in total. The first-order valence-corrected chi connectivity index (χ1v) is 16.2. The third-order valence-corrected chi connectivity index (χ3v) is 9.88. The highest BCUT2D eigenvalue weighted by Crippen LogP contribution is 2.43. The van der Waals surface area contributed by atoms with Gasteiger partial charge in [0, 0.05) is 34.1 Å². The van der Waals surface area contributed by atoms with Crippen LogP contribution in [0.15, 0.2) is 77.8 Å². The van der Waals surface area contributed by atoms with Gasteiger partial charge in [0.1, 0.15) is 16.4 Å². The third-order valence-electron chi connectivity index (χ3n) is 7.95. The number of amides is 1. The van der Waals surface area contributed by atoms with Crippen molar-refractivity contribution in [2.75, 3.05) is 30.4 Å². The number of ether oxygens (including phenoxy) is 2. The molecule has 3 heterocycles. The molecule has 0 fully saturated rings. The summed E-state index contributed by atoms with van der Waals surface area (Å²) in [5.41, 5.74) is 3.97. The van der Waals surface area contributed by atoms with Crippen molar-refractivity contribution in [2.45, 2.75) is 25.6 Å². The van der Waals surface area contributed by atoms with Gasteiger partial charge in [0.15, 0.2) is 5.11 Å². The molecule has 1 unspecified atom stereocenters. The fraction of sp³-hybridized carbons (Fsp3) is 0.212. The van der Waals surface area contributed by atoms with Crippen molar-refractivity contribution in [2.24, 2.45) is 4.99 Å². The minimum atomic E-state index is -1.39. The number of rotatable bonds is 9. The van der Waals surface area contributed by atoms with Gasteiger partial charge in [-0.1, -0.05) is 60.1 Å². The molecule has 6 rings (SSSR count). The van der Waals surface area contributed by atoms with Crippen molar-refractivity contribution in [1.82, 2.24) is 4.90 Å². The average molecular weight is 690 g/mol. The van der Waals surface area contributed by atoms with E-state index in [1.165, 1.54) is 24.5 Å².